The zero-order valence-corrected chi connectivity index (χ0v) is 5.89. The molecule has 0 aliphatic rings. The molecule has 0 atom stereocenters. The number of hydrogen-bond donors (Lipinski definition) is 2. The van der Waals surface area contributed by atoms with E-state index in [0.29, 0.717) is 5.03 Å². The normalized spacial score (nSPS) is 9.11. The molecule has 1 N–H and O–H groups in total. The van der Waals surface area contributed by atoms with E-state index in [1.165, 1.54) is 6.33 Å². The summed E-state index contributed by atoms with van der Waals surface area (Å²) < 4.78 is 0. The predicted octanol–water partition coefficient (Wildman–Crippen LogP) is 0.807. The van der Waals surface area contributed by atoms with E-state index in [4.69, 9.17) is 0 Å². The highest BCUT2D eigenvalue weighted by Crippen LogP contribution is 2.04. The van der Waals surface area contributed by atoms with E-state index in [9.17, 15) is 0 Å². The Morgan fingerprint density at radius 3 is 2.78 bits per heavy atom. The molecule has 3 nitrogen and oxygen atoms in total. The molecular formula is C5H7N3S. The van der Waals surface area contributed by atoms with E-state index >= 15 is 0 Å². The van der Waals surface area contributed by atoms with Gasteiger partial charge >= 0.3 is 0 Å². The fraction of sp³-hybridized carbons (Fsp3) is 0.200. The quantitative estimate of drug-likeness (QED) is 0.449. The Bertz CT molecular complexity index is 201. The molecule has 0 aliphatic heterocycles. The second kappa shape index (κ2) is 2.68. The summed E-state index contributed by atoms with van der Waals surface area (Å²) in [4.78, 5) is 7.69. The topological polar surface area (TPSA) is 37.8 Å². The van der Waals surface area contributed by atoms with Crippen molar-refractivity contribution >= 4 is 18.4 Å². The van der Waals surface area contributed by atoms with Crippen LogP contribution in [0.15, 0.2) is 17.4 Å². The summed E-state index contributed by atoms with van der Waals surface area (Å²) >= 11 is 4.02. The molecule has 1 heterocycles. The minimum atomic E-state index is 0.675. The van der Waals surface area contributed by atoms with Gasteiger partial charge in [0.1, 0.15) is 12.1 Å². The van der Waals surface area contributed by atoms with E-state index in [2.05, 4.69) is 27.9 Å². The number of rotatable bonds is 1. The van der Waals surface area contributed by atoms with Crippen molar-refractivity contribution in [3.05, 3.63) is 12.4 Å². The SMILES string of the molecule is CNc1cc(S)ncn1. The molecule has 0 aliphatic carbocycles. The lowest BCUT2D eigenvalue weighted by Crippen LogP contribution is -1.91. The van der Waals surface area contributed by atoms with Crippen LogP contribution >= 0.6 is 12.6 Å². The van der Waals surface area contributed by atoms with E-state index < -0.39 is 0 Å². The molecule has 0 amide bonds. The van der Waals surface area contributed by atoms with Gasteiger partial charge in [-0.2, -0.15) is 0 Å². The number of thiol groups is 1. The van der Waals surface area contributed by atoms with Crippen LogP contribution in [0.25, 0.3) is 0 Å². The Hall–Kier alpha value is -0.770. The molecule has 4 heteroatoms. The predicted molar refractivity (Wildman–Crippen MR) is 38.8 cm³/mol. The van der Waals surface area contributed by atoms with Crippen molar-refractivity contribution in [1.29, 1.82) is 0 Å². The molecule has 0 saturated carbocycles. The van der Waals surface area contributed by atoms with Crippen molar-refractivity contribution in [3.8, 4) is 0 Å². The van der Waals surface area contributed by atoms with Crippen molar-refractivity contribution in [2.45, 2.75) is 5.03 Å². The average Bonchev–Trinajstić information content (AvgIpc) is 1.88. The Morgan fingerprint density at radius 2 is 2.33 bits per heavy atom. The van der Waals surface area contributed by atoms with Gasteiger partial charge in [-0.15, -0.1) is 12.6 Å². The van der Waals surface area contributed by atoms with Crippen LogP contribution in [0, 0.1) is 0 Å². The van der Waals surface area contributed by atoms with Gasteiger partial charge in [0.15, 0.2) is 0 Å². The minimum absolute atomic E-state index is 0.675. The van der Waals surface area contributed by atoms with E-state index in [1.54, 1.807) is 13.1 Å². The molecule has 9 heavy (non-hydrogen) atoms. The van der Waals surface area contributed by atoms with Crippen LogP contribution in [0.3, 0.4) is 0 Å². The van der Waals surface area contributed by atoms with Gasteiger partial charge in [-0.25, -0.2) is 9.97 Å². The van der Waals surface area contributed by atoms with Crippen molar-refractivity contribution in [2.24, 2.45) is 0 Å². The first-order valence-corrected chi connectivity index (χ1v) is 2.96. The van der Waals surface area contributed by atoms with Gasteiger partial charge < -0.3 is 5.32 Å². The molecule has 0 unspecified atom stereocenters. The third-order valence-electron chi connectivity index (χ3n) is 0.909. The van der Waals surface area contributed by atoms with E-state index in [0.717, 1.165) is 5.82 Å². The summed E-state index contributed by atoms with van der Waals surface area (Å²) in [7, 11) is 1.80. The number of hydrogen-bond acceptors (Lipinski definition) is 4. The van der Waals surface area contributed by atoms with Crippen molar-refractivity contribution < 1.29 is 0 Å². The molecule has 0 fully saturated rings. The van der Waals surface area contributed by atoms with Gasteiger partial charge in [0, 0.05) is 13.1 Å². The van der Waals surface area contributed by atoms with Gasteiger partial charge in [-0.1, -0.05) is 0 Å². The monoisotopic (exact) mass is 141 g/mol. The fourth-order valence-electron chi connectivity index (χ4n) is 0.484. The lowest BCUT2D eigenvalue weighted by Gasteiger charge is -1.95. The Labute approximate surface area is 58.9 Å². The average molecular weight is 141 g/mol. The van der Waals surface area contributed by atoms with Crippen LogP contribution in [0.2, 0.25) is 0 Å². The number of anilines is 1. The maximum absolute atomic E-state index is 4.02. The molecule has 1 rings (SSSR count). The first-order chi connectivity index (χ1) is 4.33. The summed E-state index contributed by atoms with van der Waals surface area (Å²) in [6.45, 7) is 0. The van der Waals surface area contributed by atoms with Crippen LogP contribution < -0.4 is 5.32 Å². The molecule has 0 aromatic carbocycles. The third kappa shape index (κ3) is 1.57. The standard InChI is InChI=1S/C5H7N3S/c1-6-4-2-5(9)8-3-7-4/h2-3H,1H3,(H2,6,7,8,9). The Balaban J connectivity index is 2.94. The van der Waals surface area contributed by atoms with Crippen LogP contribution in [0.4, 0.5) is 5.82 Å². The lowest BCUT2D eigenvalue weighted by atomic mass is 10.6. The van der Waals surface area contributed by atoms with Crippen LogP contribution in [0.1, 0.15) is 0 Å². The lowest BCUT2D eigenvalue weighted by molar-refractivity contribution is 1.05. The largest absolute Gasteiger partial charge is 0.373 e. The van der Waals surface area contributed by atoms with Crippen molar-refractivity contribution in [1.82, 2.24) is 9.97 Å². The number of aromatic nitrogens is 2. The Morgan fingerprint density at radius 1 is 1.56 bits per heavy atom. The molecule has 48 valence electrons. The highest BCUT2D eigenvalue weighted by Gasteiger charge is 1.88. The summed E-state index contributed by atoms with van der Waals surface area (Å²) in [6, 6.07) is 1.75. The zero-order valence-electron chi connectivity index (χ0n) is 5.00. The summed E-state index contributed by atoms with van der Waals surface area (Å²) in [6.07, 6.45) is 1.47. The van der Waals surface area contributed by atoms with Gasteiger partial charge in [0.25, 0.3) is 0 Å². The van der Waals surface area contributed by atoms with Crippen LogP contribution in [0.5, 0.6) is 0 Å². The van der Waals surface area contributed by atoms with Crippen LogP contribution in [-0.4, -0.2) is 17.0 Å². The molecule has 0 radical (unpaired) electrons. The van der Waals surface area contributed by atoms with Gasteiger partial charge in [0.05, 0.1) is 5.03 Å². The zero-order chi connectivity index (χ0) is 6.69. The maximum Gasteiger partial charge on any atom is 0.130 e. The van der Waals surface area contributed by atoms with Crippen molar-refractivity contribution in [2.75, 3.05) is 12.4 Å². The van der Waals surface area contributed by atoms with Gasteiger partial charge in [-0.05, 0) is 0 Å². The highest BCUT2D eigenvalue weighted by atomic mass is 32.1. The summed E-state index contributed by atoms with van der Waals surface area (Å²) in [5, 5.41) is 3.54. The second-order valence-electron chi connectivity index (χ2n) is 1.51. The smallest absolute Gasteiger partial charge is 0.130 e. The Kier molecular flexibility index (Phi) is 1.89. The molecular weight excluding hydrogens is 134 g/mol. The number of nitrogens with zero attached hydrogens (tertiary/aromatic N) is 2. The molecule has 0 spiro atoms. The molecule has 0 bridgehead atoms. The summed E-state index contributed by atoms with van der Waals surface area (Å²) in [5.41, 5.74) is 0. The van der Waals surface area contributed by atoms with E-state index in [1.807, 2.05) is 0 Å². The minimum Gasteiger partial charge on any atom is -0.373 e. The van der Waals surface area contributed by atoms with Gasteiger partial charge in [-0.3, -0.25) is 0 Å². The molecule has 1 aromatic rings. The highest BCUT2D eigenvalue weighted by molar-refractivity contribution is 7.80. The summed E-state index contributed by atoms with van der Waals surface area (Å²) in [5.74, 6) is 0.787. The van der Waals surface area contributed by atoms with Crippen LogP contribution in [-0.2, 0) is 0 Å². The molecule has 1 aromatic heterocycles. The fourth-order valence-corrected chi connectivity index (χ4v) is 0.658. The first-order valence-electron chi connectivity index (χ1n) is 2.51. The van der Waals surface area contributed by atoms with E-state index in [-0.39, 0.29) is 0 Å². The maximum atomic E-state index is 4.02. The van der Waals surface area contributed by atoms with Crippen molar-refractivity contribution in [3.63, 3.8) is 0 Å². The number of nitrogens with one attached hydrogen (secondary N) is 1. The second-order valence-corrected chi connectivity index (χ2v) is 1.97. The third-order valence-corrected chi connectivity index (χ3v) is 1.15. The molecule has 0 saturated heterocycles. The van der Waals surface area contributed by atoms with Gasteiger partial charge in [0.2, 0.25) is 0 Å². The first kappa shape index (κ1) is 6.35.